The molecule has 0 radical (unpaired) electrons. The van der Waals surface area contributed by atoms with Crippen LogP contribution in [0.3, 0.4) is 0 Å². The van der Waals surface area contributed by atoms with Gasteiger partial charge in [-0.05, 0) is 36.2 Å². The first kappa shape index (κ1) is 17.2. The molecule has 0 atom stereocenters. The number of hydrogen-bond donors (Lipinski definition) is 0. The van der Waals surface area contributed by atoms with Gasteiger partial charge in [0.25, 0.3) is 0 Å². The molecular weight excluding hydrogens is 332 g/mol. The van der Waals surface area contributed by atoms with Gasteiger partial charge in [0.15, 0.2) is 5.13 Å². The maximum atomic E-state index is 12.1. The summed E-state index contributed by atoms with van der Waals surface area (Å²) in [7, 11) is 1.65. The first-order chi connectivity index (χ1) is 12.2. The lowest BCUT2D eigenvalue weighted by Gasteiger charge is -2.17. The van der Waals surface area contributed by atoms with E-state index in [-0.39, 0.29) is 5.91 Å². The van der Waals surface area contributed by atoms with Crippen LogP contribution >= 0.6 is 11.3 Å². The number of rotatable bonds is 6. The molecule has 0 aliphatic rings. The van der Waals surface area contributed by atoms with Gasteiger partial charge in [-0.1, -0.05) is 30.3 Å². The fraction of sp³-hybridized carbons (Fsp3) is 0.200. The van der Waals surface area contributed by atoms with Crippen LogP contribution in [0.1, 0.15) is 12.5 Å². The maximum Gasteiger partial charge on any atom is 0.225 e. The second-order valence-electron chi connectivity index (χ2n) is 5.65. The zero-order valence-electron chi connectivity index (χ0n) is 14.3. The molecule has 4 nitrogen and oxygen atoms in total. The van der Waals surface area contributed by atoms with Crippen LogP contribution in [0.4, 0.5) is 5.13 Å². The summed E-state index contributed by atoms with van der Waals surface area (Å²) in [4.78, 5) is 18.5. The molecule has 25 heavy (non-hydrogen) atoms. The standard InChI is InChI=1S/C20H20N2O2S/c1-15(23)22(13-12-16-6-4-3-5-7-16)20-21-19(14-25-20)17-8-10-18(24-2)11-9-17/h3-11,14H,12-13H2,1-2H3. The highest BCUT2D eigenvalue weighted by atomic mass is 32.1. The molecule has 0 N–H and O–H groups in total. The van der Waals surface area contributed by atoms with Gasteiger partial charge < -0.3 is 4.74 Å². The van der Waals surface area contributed by atoms with Crippen LogP contribution in [0, 0.1) is 0 Å². The van der Waals surface area contributed by atoms with Gasteiger partial charge in [0, 0.05) is 24.4 Å². The van der Waals surface area contributed by atoms with E-state index in [1.165, 1.54) is 16.9 Å². The highest BCUT2D eigenvalue weighted by molar-refractivity contribution is 7.14. The number of ether oxygens (including phenoxy) is 1. The lowest BCUT2D eigenvalue weighted by Crippen LogP contribution is -2.30. The van der Waals surface area contributed by atoms with Crippen molar-refractivity contribution in [1.82, 2.24) is 4.98 Å². The van der Waals surface area contributed by atoms with Crippen LogP contribution in [0.15, 0.2) is 60.0 Å². The van der Waals surface area contributed by atoms with Crippen molar-refractivity contribution in [3.05, 3.63) is 65.5 Å². The van der Waals surface area contributed by atoms with Crippen LogP contribution in [0.25, 0.3) is 11.3 Å². The number of hydrogen-bond acceptors (Lipinski definition) is 4. The van der Waals surface area contributed by atoms with Gasteiger partial charge in [0.05, 0.1) is 12.8 Å². The minimum Gasteiger partial charge on any atom is -0.497 e. The van der Waals surface area contributed by atoms with Crippen LogP contribution < -0.4 is 9.64 Å². The summed E-state index contributed by atoms with van der Waals surface area (Å²) in [5, 5.41) is 2.71. The number of carbonyl (C=O) groups excluding carboxylic acids is 1. The summed E-state index contributed by atoms with van der Waals surface area (Å²) in [6.07, 6.45) is 0.803. The molecule has 0 saturated carbocycles. The fourth-order valence-electron chi connectivity index (χ4n) is 2.56. The molecule has 1 heterocycles. The maximum absolute atomic E-state index is 12.1. The van der Waals surface area contributed by atoms with E-state index in [0.717, 1.165) is 28.6 Å². The third-order valence-corrected chi connectivity index (χ3v) is 4.82. The van der Waals surface area contributed by atoms with Crippen molar-refractivity contribution < 1.29 is 9.53 Å². The molecule has 2 aromatic carbocycles. The quantitative estimate of drug-likeness (QED) is 0.660. The average molecular weight is 352 g/mol. The third kappa shape index (κ3) is 4.25. The lowest BCUT2D eigenvalue weighted by atomic mass is 10.1. The van der Waals surface area contributed by atoms with E-state index in [1.54, 1.807) is 18.9 Å². The Morgan fingerprint density at radius 2 is 1.84 bits per heavy atom. The van der Waals surface area contributed by atoms with E-state index in [1.807, 2.05) is 47.8 Å². The molecule has 0 fully saturated rings. The van der Waals surface area contributed by atoms with E-state index >= 15 is 0 Å². The molecule has 0 bridgehead atoms. The van der Waals surface area contributed by atoms with E-state index in [0.29, 0.717) is 6.54 Å². The SMILES string of the molecule is COc1ccc(-c2csc(N(CCc3ccccc3)C(C)=O)n2)cc1. The summed E-state index contributed by atoms with van der Waals surface area (Å²) in [5.74, 6) is 0.819. The molecule has 5 heteroatoms. The summed E-state index contributed by atoms with van der Waals surface area (Å²) < 4.78 is 5.18. The topological polar surface area (TPSA) is 42.4 Å². The van der Waals surface area contributed by atoms with Crippen molar-refractivity contribution in [3.63, 3.8) is 0 Å². The van der Waals surface area contributed by atoms with Crippen molar-refractivity contribution in [2.45, 2.75) is 13.3 Å². The minimum absolute atomic E-state index is 0.00608. The van der Waals surface area contributed by atoms with E-state index in [9.17, 15) is 4.79 Å². The normalized spacial score (nSPS) is 10.5. The van der Waals surface area contributed by atoms with Crippen LogP contribution in [-0.2, 0) is 11.2 Å². The first-order valence-electron chi connectivity index (χ1n) is 8.09. The van der Waals surface area contributed by atoms with Gasteiger partial charge in [0.1, 0.15) is 5.75 Å². The lowest BCUT2D eigenvalue weighted by molar-refractivity contribution is -0.116. The molecule has 128 valence electrons. The van der Waals surface area contributed by atoms with Crippen molar-refractivity contribution in [2.75, 3.05) is 18.6 Å². The zero-order valence-corrected chi connectivity index (χ0v) is 15.1. The Morgan fingerprint density at radius 3 is 2.48 bits per heavy atom. The molecule has 1 amide bonds. The Kier molecular flexibility index (Phi) is 5.46. The smallest absolute Gasteiger partial charge is 0.225 e. The van der Waals surface area contributed by atoms with E-state index in [4.69, 9.17) is 4.74 Å². The number of methoxy groups -OCH3 is 1. The molecule has 0 unspecified atom stereocenters. The Labute approximate surface area is 151 Å². The van der Waals surface area contributed by atoms with Crippen molar-refractivity contribution >= 4 is 22.4 Å². The second-order valence-corrected chi connectivity index (χ2v) is 6.49. The van der Waals surface area contributed by atoms with Crippen LogP contribution in [0.2, 0.25) is 0 Å². The molecule has 0 aliphatic carbocycles. The second kappa shape index (κ2) is 7.94. The van der Waals surface area contributed by atoms with Gasteiger partial charge in [-0.15, -0.1) is 11.3 Å². The van der Waals surface area contributed by atoms with E-state index in [2.05, 4.69) is 17.1 Å². The predicted octanol–water partition coefficient (Wildman–Crippen LogP) is 4.41. The summed E-state index contributed by atoms with van der Waals surface area (Å²) in [6, 6.07) is 17.9. The predicted molar refractivity (Wildman–Crippen MR) is 102 cm³/mol. The Balaban J connectivity index is 1.76. The number of aromatic nitrogens is 1. The van der Waals surface area contributed by atoms with Gasteiger partial charge in [-0.2, -0.15) is 0 Å². The Bertz CT molecular complexity index is 828. The average Bonchev–Trinajstić information content (AvgIpc) is 3.12. The molecule has 1 aromatic heterocycles. The molecule has 0 saturated heterocycles. The fourth-order valence-corrected chi connectivity index (χ4v) is 3.46. The monoisotopic (exact) mass is 352 g/mol. The first-order valence-corrected chi connectivity index (χ1v) is 8.97. The van der Waals surface area contributed by atoms with Gasteiger partial charge in [0.2, 0.25) is 5.91 Å². The number of carbonyl (C=O) groups is 1. The molecular formula is C20H20N2O2S. The summed E-state index contributed by atoms with van der Waals surface area (Å²) >= 11 is 1.49. The largest absolute Gasteiger partial charge is 0.497 e. The zero-order chi connectivity index (χ0) is 17.6. The van der Waals surface area contributed by atoms with Crippen molar-refractivity contribution in [3.8, 4) is 17.0 Å². The number of nitrogens with zero attached hydrogens (tertiary/aromatic N) is 2. The molecule has 3 rings (SSSR count). The molecule has 0 aliphatic heterocycles. The van der Waals surface area contributed by atoms with Gasteiger partial charge in [-0.3, -0.25) is 9.69 Å². The van der Waals surface area contributed by atoms with Crippen LogP contribution in [-0.4, -0.2) is 24.5 Å². The number of thiazole rings is 1. The highest BCUT2D eigenvalue weighted by Gasteiger charge is 2.16. The summed E-state index contributed by atoms with van der Waals surface area (Å²) in [6.45, 7) is 2.20. The number of anilines is 1. The number of amides is 1. The molecule has 0 spiro atoms. The van der Waals surface area contributed by atoms with Crippen molar-refractivity contribution in [2.24, 2.45) is 0 Å². The Morgan fingerprint density at radius 1 is 1.12 bits per heavy atom. The number of benzene rings is 2. The van der Waals surface area contributed by atoms with Crippen molar-refractivity contribution in [1.29, 1.82) is 0 Å². The van der Waals surface area contributed by atoms with Gasteiger partial charge >= 0.3 is 0 Å². The Hall–Kier alpha value is -2.66. The molecule has 3 aromatic rings. The van der Waals surface area contributed by atoms with Crippen LogP contribution in [0.5, 0.6) is 5.75 Å². The van der Waals surface area contributed by atoms with E-state index < -0.39 is 0 Å². The summed E-state index contributed by atoms with van der Waals surface area (Å²) in [5.41, 5.74) is 3.09. The highest BCUT2D eigenvalue weighted by Crippen LogP contribution is 2.28. The third-order valence-electron chi connectivity index (χ3n) is 3.96. The van der Waals surface area contributed by atoms with Gasteiger partial charge in [-0.25, -0.2) is 4.98 Å². The minimum atomic E-state index is 0.00608.